The summed E-state index contributed by atoms with van der Waals surface area (Å²) in [7, 11) is 6.21. The summed E-state index contributed by atoms with van der Waals surface area (Å²) < 4.78 is 6.65. The molecule has 3 aliphatic heterocycles. The summed E-state index contributed by atoms with van der Waals surface area (Å²) in [4.78, 5) is 27.2. The third kappa shape index (κ3) is 1.45. The minimum absolute atomic E-state index is 0.0225. The van der Waals surface area contributed by atoms with Gasteiger partial charge in [-0.25, -0.2) is 0 Å². The summed E-state index contributed by atoms with van der Waals surface area (Å²) in [5.41, 5.74) is -1.31. The minimum atomic E-state index is -0.655. The van der Waals surface area contributed by atoms with E-state index in [1.165, 1.54) is 4.90 Å². The predicted octanol–water partition coefficient (Wildman–Crippen LogP) is 0.635. The van der Waals surface area contributed by atoms with Crippen LogP contribution in [0, 0.1) is 10.8 Å². The van der Waals surface area contributed by atoms with E-state index in [0.29, 0.717) is 6.54 Å². The van der Waals surface area contributed by atoms with Gasteiger partial charge in [-0.2, -0.15) is 0 Å². The number of hydrogen-bond donors (Lipinski definition) is 0. The van der Waals surface area contributed by atoms with Crippen molar-refractivity contribution in [2.75, 3.05) is 34.2 Å². The van der Waals surface area contributed by atoms with Crippen molar-refractivity contribution in [1.29, 1.82) is 0 Å². The molecule has 2 bridgehead atoms. The van der Waals surface area contributed by atoms with Gasteiger partial charge in [0.25, 0.3) is 0 Å². The number of nitrogens with zero attached hydrogens (tertiary/aromatic N) is 2. The van der Waals surface area contributed by atoms with E-state index in [1.807, 2.05) is 13.8 Å². The van der Waals surface area contributed by atoms with Gasteiger partial charge < -0.3 is 9.22 Å². The summed E-state index contributed by atoms with van der Waals surface area (Å²) in [6, 6.07) is 0. The van der Waals surface area contributed by atoms with E-state index in [0.717, 1.165) is 23.9 Å². The number of imide groups is 1. The van der Waals surface area contributed by atoms with Crippen molar-refractivity contribution in [3.63, 3.8) is 0 Å². The quantitative estimate of drug-likeness (QED) is 0.563. The Morgan fingerprint density at radius 1 is 1.10 bits per heavy atom. The monoisotopic (exact) mass is 281 g/mol. The molecule has 5 heteroatoms. The molecule has 0 aromatic heterocycles. The number of fused-ring (bicyclic) bond motifs is 5. The zero-order valence-electron chi connectivity index (χ0n) is 13.1. The Labute approximate surface area is 120 Å². The summed E-state index contributed by atoms with van der Waals surface area (Å²) in [6.45, 7) is 5.15. The lowest BCUT2D eigenvalue weighted by Crippen LogP contribution is -2.48. The fraction of sp³-hybridized carbons (Fsp3) is 0.867. The standard InChI is InChI=1S/C15H25N2O3/c1-14-10-6-7-11(20-10)15(14,2)13(19)16(12(14)18)8-9-17(3,4)5/h10-11H,6-9H2,1-5H3/q+1/t10-,11-,14+,15+/m0/s1. The van der Waals surface area contributed by atoms with Crippen LogP contribution in [-0.4, -0.2) is 67.6 Å². The van der Waals surface area contributed by atoms with Crippen molar-refractivity contribution >= 4 is 11.8 Å². The number of likely N-dealkylation sites (N-methyl/N-ethyl adjacent to an activating group) is 1. The van der Waals surface area contributed by atoms with E-state index in [2.05, 4.69) is 21.1 Å². The van der Waals surface area contributed by atoms with Crippen molar-refractivity contribution in [2.24, 2.45) is 10.8 Å². The van der Waals surface area contributed by atoms with E-state index in [-0.39, 0.29) is 24.0 Å². The highest BCUT2D eigenvalue weighted by atomic mass is 16.5. The number of quaternary nitrogens is 1. The van der Waals surface area contributed by atoms with E-state index in [9.17, 15) is 9.59 Å². The first kappa shape index (κ1) is 14.0. The number of ether oxygens (including phenoxy) is 1. The van der Waals surface area contributed by atoms with Gasteiger partial charge in [0.15, 0.2) is 0 Å². The number of likely N-dealkylation sites (tertiary alicyclic amines) is 1. The van der Waals surface area contributed by atoms with Crippen molar-refractivity contribution < 1.29 is 18.8 Å². The van der Waals surface area contributed by atoms with E-state index < -0.39 is 10.8 Å². The third-order valence-electron chi connectivity index (χ3n) is 5.76. The normalized spacial score (nSPS) is 43.5. The molecule has 0 unspecified atom stereocenters. The smallest absolute Gasteiger partial charge is 0.239 e. The lowest BCUT2D eigenvalue weighted by molar-refractivity contribution is -0.869. The Kier molecular flexibility index (Phi) is 2.68. The molecule has 0 N–H and O–H groups in total. The maximum atomic E-state index is 12.8. The molecule has 0 saturated carbocycles. The van der Waals surface area contributed by atoms with Gasteiger partial charge in [-0.3, -0.25) is 14.5 Å². The molecule has 3 saturated heterocycles. The van der Waals surface area contributed by atoms with Gasteiger partial charge in [0.1, 0.15) is 0 Å². The van der Waals surface area contributed by atoms with Crippen LogP contribution < -0.4 is 0 Å². The van der Waals surface area contributed by atoms with Gasteiger partial charge in [0.05, 0.1) is 57.3 Å². The SMILES string of the molecule is C[C@@]12C(=O)N(CC[N+](C)(C)C)C(=O)[C@@]1(C)[C@@H]1CC[C@@H]2O1. The minimum Gasteiger partial charge on any atom is -0.373 e. The predicted molar refractivity (Wildman–Crippen MR) is 73.7 cm³/mol. The third-order valence-corrected chi connectivity index (χ3v) is 5.76. The molecule has 0 aromatic rings. The summed E-state index contributed by atoms with van der Waals surface area (Å²) in [5, 5.41) is 0. The first-order chi connectivity index (χ1) is 9.12. The van der Waals surface area contributed by atoms with Crippen LogP contribution in [0.2, 0.25) is 0 Å². The summed E-state index contributed by atoms with van der Waals surface area (Å²) in [5.74, 6) is -0.0451. The Bertz CT molecular complexity index is 450. The zero-order valence-corrected chi connectivity index (χ0v) is 13.1. The van der Waals surface area contributed by atoms with Crippen molar-refractivity contribution in [3.8, 4) is 0 Å². The lowest BCUT2D eigenvalue weighted by atomic mass is 9.59. The lowest BCUT2D eigenvalue weighted by Gasteiger charge is -2.36. The Hall–Kier alpha value is -0.940. The highest BCUT2D eigenvalue weighted by molar-refractivity contribution is 6.10. The second kappa shape index (κ2) is 3.83. The molecule has 0 radical (unpaired) electrons. The average molecular weight is 281 g/mol. The second-order valence-electron chi connectivity index (χ2n) is 7.87. The van der Waals surface area contributed by atoms with Crippen LogP contribution in [0.15, 0.2) is 0 Å². The molecule has 5 nitrogen and oxygen atoms in total. The number of amides is 2. The van der Waals surface area contributed by atoms with Gasteiger partial charge in [0.2, 0.25) is 11.8 Å². The van der Waals surface area contributed by atoms with Crippen LogP contribution in [-0.2, 0) is 14.3 Å². The van der Waals surface area contributed by atoms with Crippen LogP contribution in [0.4, 0.5) is 0 Å². The second-order valence-corrected chi connectivity index (χ2v) is 7.87. The molecule has 3 aliphatic rings. The van der Waals surface area contributed by atoms with Crippen LogP contribution in [0.1, 0.15) is 26.7 Å². The summed E-state index contributed by atoms with van der Waals surface area (Å²) in [6.07, 6.45) is 1.64. The molecule has 3 fully saturated rings. The van der Waals surface area contributed by atoms with Gasteiger partial charge in [-0.05, 0) is 26.7 Å². The maximum absolute atomic E-state index is 12.8. The fourth-order valence-electron chi connectivity index (χ4n) is 4.13. The zero-order chi connectivity index (χ0) is 14.9. The van der Waals surface area contributed by atoms with Gasteiger partial charge in [-0.1, -0.05) is 0 Å². The Morgan fingerprint density at radius 3 is 1.95 bits per heavy atom. The average Bonchev–Trinajstić information content (AvgIpc) is 2.94. The fourth-order valence-corrected chi connectivity index (χ4v) is 4.13. The van der Waals surface area contributed by atoms with Crippen molar-refractivity contribution in [3.05, 3.63) is 0 Å². The molecule has 20 heavy (non-hydrogen) atoms. The topological polar surface area (TPSA) is 46.6 Å². The largest absolute Gasteiger partial charge is 0.373 e. The number of carbonyl (C=O) groups is 2. The molecule has 0 aromatic carbocycles. The molecular formula is C15H25N2O3+. The first-order valence-corrected chi connectivity index (χ1v) is 7.44. The molecule has 3 heterocycles. The van der Waals surface area contributed by atoms with E-state index >= 15 is 0 Å². The molecule has 4 atom stereocenters. The number of rotatable bonds is 3. The van der Waals surface area contributed by atoms with Gasteiger partial charge >= 0.3 is 0 Å². The number of carbonyl (C=O) groups excluding carboxylic acids is 2. The van der Waals surface area contributed by atoms with Crippen LogP contribution in [0.3, 0.4) is 0 Å². The van der Waals surface area contributed by atoms with Crippen LogP contribution in [0.25, 0.3) is 0 Å². The molecule has 2 amide bonds. The van der Waals surface area contributed by atoms with Gasteiger partial charge in [0, 0.05) is 0 Å². The molecular weight excluding hydrogens is 256 g/mol. The highest BCUT2D eigenvalue weighted by Crippen LogP contribution is 2.64. The first-order valence-electron chi connectivity index (χ1n) is 7.44. The molecule has 3 rings (SSSR count). The molecule has 0 spiro atoms. The summed E-state index contributed by atoms with van der Waals surface area (Å²) >= 11 is 0. The molecule has 112 valence electrons. The number of hydrogen-bond acceptors (Lipinski definition) is 3. The van der Waals surface area contributed by atoms with Crippen LogP contribution >= 0.6 is 0 Å². The Balaban J connectivity index is 1.91. The van der Waals surface area contributed by atoms with E-state index in [4.69, 9.17) is 4.74 Å². The maximum Gasteiger partial charge on any atom is 0.239 e. The van der Waals surface area contributed by atoms with Crippen molar-refractivity contribution in [1.82, 2.24) is 4.90 Å². The molecule has 0 aliphatic carbocycles. The highest BCUT2D eigenvalue weighted by Gasteiger charge is 2.76. The van der Waals surface area contributed by atoms with E-state index in [1.54, 1.807) is 0 Å². The Morgan fingerprint density at radius 2 is 1.55 bits per heavy atom. The van der Waals surface area contributed by atoms with Crippen molar-refractivity contribution in [2.45, 2.75) is 38.9 Å². The van der Waals surface area contributed by atoms with Crippen LogP contribution in [0.5, 0.6) is 0 Å². The van der Waals surface area contributed by atoms with Gasteiger partial charge in [-0.15, -0.1) is 0 Å².